The molecule has 1 saturated carbocycles. The molecule has 158 valence electrons. The molecule has 0 unspecified atom stereocenters. The lowest BCUT2D eigenvalue weighted by Crippen LogP contribution is -2.36. The SMILES string of the molecule is CN=C(NCc1cccc(NC(=O)C2CCC2)c1)NCc1nnc2ccccn12.I. The molecule has 0 aliphatic heterocycles. The van der Waals surface area contributed by atoms with Crippen LogP contribution in [0.15, 0.2) is 53.7 Å². The quantitative estimate of drug-likeness (QED) is 0.265. The van der Waals surface area contributed by atoms with Crippen molar-refractivity contribution in [1.29, 1.82) is 0 Å². The van der Waals surface area contributed by atoms with Crippen molar-refractivity contribution in [1.82, 2.24) is 25.2 Å². The van der Waals surface area contributed by atoms with Crippen LogP contribution in [0.3, 0.4) is 0 Å². The highest BCUT2D eigenvalue weighted by Gasteiger charge is 2.25. The zero-order chi connectivity index (χ0) is 20.1. The second kappa shape index (κ2) is 10.4. The summed E-state index contributed by atoms with van der Waals surface area (Å²) in [6.45, 7) is 1.09. The third kappa shape index (κ3) is 5.26. The number of guanidine groups is 1. The second-order valence-electron chi connectivity index (χ2n) is 7.14. The van der Waals surface area contributed by atoms with Crippen molar-refractivity contribution in [2.75, 3.05) is 12.4 Å². The van der Waals surface area contributed by atoms with E-state index in [-0.39, 0.29) is 35.8 Å². The largest absolute Gasteiger partial charge is 0.352 e. The summed E-state index contributed by atoms with van der Waals surface area (Å²) in [5.74, 6) is 1.78. The summed E-state index contributed by atoms with van der Waals surface area (Å²) >= 11 is 0. The number of halogens is 1. The molecule has 1 amide bonds. The van der Waals surface area contributed by atoms with Gasteiger partial charge in [0.15, 0.2) is 17.4 Å². The van der Waals surface area contributed by atoms with Crippen LogP contribution >= 0.6 is 24.0 Å². The Kier molecular flexibility index (Phi) is 7.61. The lowest BCUT2D eigenvalue weighted by atomic mass is 9.85. The van der Waals surface area contributed by atoms with Crippen molar-refractivity contribution in [3.05, 3.63) is 60.0 Å². The van der Waals surface area contributed by atoms with Gasteiger partial charge in [-0.2, -0.15) is 0 Å². The molecule has 3 aromatic rings. The number of carbonyl (C=O) groups is 1. The summed E-state index contributed by atoms with van der Waals surface area (Å²) in [5.41, 5.74) is 2.71. The van der Waals surface area contributed by atoms with Gasteiger partial charge in [-0.15, -0.1) is 34.2 Å². The number of nitrogens with one attached hydrogen (secondary N) is 3. The van der Waals surface area contributed by atoms with Crippen molar-refractivity contribution in [3.63, 3.8) is 0 Å². The van der Waals surface area contributed by atoms with E-state index in [1.54, 1.807) is 7.05 Å². The fourth-order valence-electron chi connectivity index (χ4n) is 3.25. The van der Waals surface area contributed by atoms with Gasteiger partial charge in [-0.05, 0) is 42.7 Å². The van der Waals surface area contributed by atoms with E-state index in [0.717, 1.165) is 42.0 Å². The molecule has 0 bridgehead atoms. The molecule has 9 heteroatoms. The van der Waals surface area contributed by atoms with Crippen molar-refractivity contribution >= 4 is 47.2 Å². The lowest BCUT2D eigenvalue weighted by molar-refractivity contribution is -0.122. The maximum atomic E-state index is 12.1. The van der Waals surface area contributed by atoms with E-state index < -0.39 is 0 Å². The third-order valence-electron chi connectivity index (χ3n) is 5.15. The van der Waals surface area contributed by atoms with Crippen LogP contribution in [-0.4, -0.2) is 33.5 Å². The van der Waals surface area contributed by atoms with Crippen molar-refractivity contribution in [3.8, 4) is 0 Å². The molecule has 2 heterocycles. The molecule has 1 fully saturated rings. The van der Waals surface area contributed by atoms with Crippen LogP contribution in [0.5, 0.6) is 0 Å². The molecule has 4 rings (SSSR count). The molecule has 3 N–H and O–H groups in total. The predicted octanol–water partition coefficient (Wildman–Crippen LogP) is 2.95. The molecule has 0 saturated heterocycles. The smallest absolute Gasteiger partial charge is 0.227 e. The normalized spacial score (nSPS) is 14.0. The average molecular weight is 519 g/mol. The highest BCUT2D eigenvalue weighted by atomic mass is 127. The van der Waals surface area contributed by atoms with Crippen LogP contribution in [0, 0.1) is 5.92 Å². The highest BCUT2D eigenvalue weighted by molar-refractivity contribution is 14.0. The fraction of sp³-hybridized carbons (Fsp3) is 0.333. The average Bonchev–Trinajstić information content (AvgIpc) is 3.10. The fourth-order valence-corrected chi connectivity index (χ4v) is 3.25. The van der Waals surface area contributed by atoms with E-state index >= 15 is 0 Å². The topological polar surface area (TPSA) is 95.7 Å². The summed E-state index contributed by atoms with van der Waals surface area (Å²) < 4.78 is 1.94. The summed E-state index contributed by atoms with van der Waals surface area (Å²) in [5, 5.41) is 17.9. The molecular weight excluding hydrogens is 493 g/mol. The van der Waals surface area contributed by atoms with Gasteiger partial charge in [0.05, 0.1) is 6.54 Å². The minimum Gasteiger partial charge on any atom is -0.352 e. The first-order valence-corrected chi connectivity index (χ1v) is 9.86. The second-order valence-corrected chi connectivity index (χ2v) is 7.14. The summed E-state index contributed by atoms with van der Waals surface area (Å²) in [6.07, 6.45) is 5.08. The minimum atomic E-state index is 0. The van der Waals surface area contributed by atoms with Gasteiger partial charge in [-0.1, -0.05) is 24.6 Å². The summed E-state index contributed by atoms with van der Waals surface area (Å²) in [7, 11) is 1.73. The Bertz CT molecular complexity index is 1030. The molecule has 1 aromatic carbocycles. The zero-order valence-electron chi connectivity index (χ0n) is 16.8. The maximum Gasteiger partial charge on any atom is 0.227 e. The van der Waals surface area contributed by atoms with Crippen molar-refractivity contribution in [2.24, 2.45) is 10.9 Å². The first-order chi connectivity index (χ1) is 14.2. The molecule has 2 aromatic heterocycles. The number of fused-ring (bicyclic) bond motifs is 1. The Balaban J connectivity index is 0.00000256. The van der Waals surface area contributed by atoms with E-state index in [9.17, 15) is 4.79 Å². The number of hydrogen-bond donors (Lipinski definition) is 3. The van der Waals surface area contributed by atoms with E-state index in [2.05, 4.69) is 31.1 Å². The van der Waals surface area contributed by atoms with Crippen molar-refractivity contribution in [2.45, 2.75) is 32.4 Å². The zero-order valence-corrected chi connectivity index (χ0v) is 19.2. The number of aliphatic imine (C=N–C) groups is 1. The van der Waals surface area contributed by atoms with Crippen molar-refractivity contribution < 1.29 is 4.79 Å². The highest BCUT2D eigenvalue weighted by Crippen LogP contribution is 2.27. The van der Waals surface area contributed by atoms with E-state index in [0.29, 0.717) is 19.0 Å². The molecule has 8 nitrogen and oxygen atoms in total. The third-order valence-corrected chi connectivity index (χ3v) is 5.15. The van der Waals surface area contributed by atoms with Gasteiger partial charge in [-0.25, -0.2) is 0 Å². The van der Waals surface area contributed by atoms with Gasteiger partial charge in [0, 0.05) is 31.4 Å². The van der Waals surface area contributed by atoms with E-state index in [1.807, 2.05) is 53.1 Å². The lowest BCUT2D eigenvalue weighted by Gasteiger charge is -2.24. The maximum absolute atomic E-state index is 12.1. The van der Waals surface area contributed by atoms with E-state index in [1.165, 1.54) is 0 Å². The number of amides is 1. The number of hydrogen-bond acceptors (Lipinski definition) is 4. The first kappa shape index (κ1) is 22.0. The van der Waals surface area contributed by atoms with Gasteiger partial charge in [0.25, 0.3) is 0 Å². The van der Waals surface area contributed by atoms with Crippen LogP contribution in [0.1, 0.15) is 30.7 Å². The summed E-state index contributed by atoms with van der Waals surface area (Å²) in [6, 6.07) is 13.7. The number of nitrogens with zero attached hydrogens (tertiary/aromatic N) is 4. The van der Waals surface area contributed by atoms with Crippen LogP contribution in [0.2, 0.25) is 0 Å². The molecule has 0 atom stereocenters. The Morgan fingerprint density at radius 2 is 1.97 bits per heavy atom. The number of anilines is 1. The monoisotopic (exact) mass is 519 g/mol. The van der Waals surface area contributed by atoms with E-state index in [4.69, 9.17) is 0 Å². The molecule has 0 radical (unpaired) electrons. The van der Waals surface area contributed by atoms with Gasteiger partial charge in [0.2, 0.25) is 5.91 Å². The van der Waals surface area contributed by atoms with Gasteiger partial charge >= 0.3 is 0 Å². The van der Waals surface area contributed by atoms with Crippen LogP contribution < -0.4 is 16.0 Å². The molecule has 1 aliphatic rings. The Hall–Kier alpha value is -2.69. The summed E-state index contributed by atoms with van der Waals surface area (Å²) in [4.78, 5) is 16.4. The van der Waals surface area contributed by atoms with Gasteiger partial charge in [0.1, 0.15) is 0 Å². The molecule has 0 spiro atoms. The standard InChI is InChI=1S/C21H25N7O.HI/c1-22-21(24-14-19-27-26-18-10-2-3-11-28(18)19)23-13-15-6-4-9-17(12-15)25-20(29)16-7-5-8-16;/h2-4,6,9-12,16H,5,7-8,13-14H2,1H3,(H,25,29)(H2,22,23,24);1H. The number of aromatic nitrogens is 3. The Labute approximate surface area is 192 Å². The minimum absolute atomic E-state index is 0. The Morgan fingerprint density at radius 3 is 2.73 bits per heavy atom. The first-order valence-electron chi connectivity index (χ1n) is 9.86. The van der Waals surface area contributed by atoms with Gasteiger partial charge in [-0.3, -0.25) is 14.2 Å². The Morgan fingerprint density at radius 1 is 1.13 bits per heavy atom. The van der Waals surface area contributed by atoms with Crippen LogP contribution in [0.25, 0.3) is 5.65 Å². The van der Waals surface area contributed by atoms with Crippen LogP contribution in [-0.2, 0) is 17.9 Å². The number of benzene rings is 1. The molecule has 30 heavy (non-hydrogen) atoms. The number of carbonyl (C=O) groups excluding carboxylic acids is 1. The number of rotatable bonds is 6. The van der Waals surface area contributed by atoms with Crippen LogP contribution in [0.4, 0.5) is 5.69 Å². The number of pyridine rings is 1. The molecule has 1 aliphatic carbocycles. The van der Waals surface area contributed by atoms with Gasteiger partial charge < -0.3 is 16.0 Å². The predicted molar refractivity (Wildman–Crippen MR) is 128 cm³/mol. The molecular formula is C21H26IN7O.